The first-order chi connectivity index (χ1) is 10.7. The Balaban J connectivity index is 1.64. The minimum atomic E-state index is -0.413. The number of nitrogens with one attached hydrogen (secondary N) is 1. The van der Waals surface area contributed by atoms with Crippen molar-refractivity contribution in [1.82, 2.24) is 10.2 Å². The molecule has 0 saturated carbocycles. The second kappa shape index (κ2) is 6.89. The van der Waals surface area contributed by atoms with Crippen molar-refractivity contribution in [3.8, 4) is 0 Å². The van der Waals surface area contributed by atoms with Crippen molar-refractivity contribution in [2.45, 2.75) is 0 Å². The van der Waals surface area contributed by atoms with E-state index < -0.39 is 5.97 Å². The fraction of sp³-hybridized carbons (Fsp3) is 0.438. The number of benzene rings is 1. The quantitative estimate of drug-likeness (QED) is 0.823. The van der Waals surface area contributed by atoms with Gasteiger partial charge in [0.25, 0.3) is 0 Å². The van der Waals surface area contributed by atoms with Gasteiger partial charge in [0.05, 0.1) is 0 Å². The molecule has 0 bridgehead atoms. The minimum Gasteiger partial charge on any atom is -0.492 e. The molecule has 5 nitrogen and oxygen atoms in total. The summed E-state index contributed by atoms with van der Waals surface area (Å²) >= 11 is 0. The average molecular weight is 306 g/mol. The van der Waals surface area contributed by atoms with Gasteiger partial charge in [-0.1, -0.05) is 12.1 Å². The molecule has 3 rings (SSSR count). The van der Waals surface area contributed by atoms with Crippen LogP contribution in [-0.2, 0) is 14.3 Å². The lowest BCUT2D eigenvalue weighted by Crippen LogP contribution is -2.44. The monoisotopic (exact) mass is 306 g/mol. The van der Waals surface area contributed by atoms with E-state index in [-0.39, 0.29) is 12.4 Å². The maximum Gasteiger partial charge on any atom is 0.342 e. The first-order valence-corrected chi connectivity index (χ1v) is 7.46. The van der Waals surface area contributed by atoms with Crippen molar-refractivity contribution in [1.29, 1.82) is 0 Å². The summed E-state index contributed by atoms with van der Waals surface area (Å²) in [5.74, 6) is -0.215. The molecule has 0 spiro atoms. The predicted molar refractivity (Wildman–Crippen MR) is 79.5 cm³/mol. The van der Waals surface area contributed by atoms with Crippen molar-refractivity contribution < 1.29 is 18.7 Å². The van der Waals surface area contributed by atoms with Crippen molar-refractivity contribution in [2.75, 3.05) is 45.9 Å². The third-order valence-corrected chi connectivity index (χ3v) is 3.84. The van der Waals surface area contributed by atoms with E-state index in [2.05, 4.69) is 10.2 Å². The van der Waals surface area contributed by atoms with Crippen LogP contribution < -0.4 is 5.32 Å². The lowest BCUT2D eigenvalue weighted by Gasteiger charge is -2.27. The molecule has 1 saturated heterocycles. The molecule has 118 valence electrons. The van der Waals surface area contributed by atoms with E-state index >= 15 is 0 Å². The number of cyclic esters (lactones) is 1. The largest absolute Gasteiger partial charge is 0.492 e. The lowest BCUT2D eigenvalue weighted by molar-refractivity contribution is -0.134. The summed E-state index contributed by atoms with van der Waals surface area (Å²) in [6, 6.07) is 5.78. The Morgan fingerprint density at radius 3 is 2.68 bits per heavy atom. The van der Waals surface area contributed by atoms with E-state index in [0.29, 0.717) is 23.5 Å². The van der Waals surface area contributed by atoms with Crippen LogP contribution in [0.25, 0.3) is 5.57 Å². The van der Waals surface area contributed by atoms with Crippen LogP contribution in [0.15, 0.2) is 30.0 Å². The lowest BCUT2D eigenvalue weighted by atomic mass is 10.1. The fourth-order valence-corrected chi connectivity index (χ4v) is 2.63. The van der Waals surface area contributed by atoms with Crippen LogP contribution in [0, 0.1) is 5.82 Å². The second-order valence-electron chi connectivity index (χ2n) is 5.32. The Labute approximate surface area is 128 Å². The van der Waals surface area contributed by atoms with E-state index in [0.717, 1.165) is 32.7 Å². The fourth-order valence-electron chi connectivity index (χ4n) is 2.63. The Hall–Kier alpha value is -1.92. The van der Waals surface area contributed by atoms with Crippen LogP contribution in [0.4, 0.5) is 4.39 Å². The summed E-state index contributed by atoms with van der Waals surface area (Å²) in [4.78, 5) is 14.2. The highest BCUT2D eigenvalue weighted by atomic mass is 19.1. The summed E-state index contributed by atoms with van der Waals surface area (Å²) in [7, 11) is 0. The number of esters is 1. The Morgan fingerprint density at radius 2 is 1.95 bits per heavy atom. The smallest absolute Gasteiger partial charge is 0.342 e. The third kappa shape index (κ3) is 3.45. The molecule has 2 aliphatic heterocycles. The van der Waals surface area contributed by atoms with Crippen LogP contribution in [-0.4, -0.2) is 56.8 Å². The van der Waals surface area contributed by atoms with Crippen LogP contribution in [0.2, 0.25) is 0 Å². The second-order valence-corrected chi connectivity index (χ2v) is 5.32. The molecule has 1 aromatic rings. The molecule has 0 aliphatic carbocycles. The highest BCUT2D eigenvalue weighted by Crippen LogP contribution is 2.27. The number of halogens is 1. The van der Waals surface area contributed by atoms with Gasteiger partial charge in [-0.05, 0) is 17.7 Å². The molecule has 1 N–H and O–H groups in total. The van der Waals surface area contributed by atoms with Gasteiger partial charge < -0.3 is 14.8 Å². The van der Waals surface area contributed by atoms with Crippen LogP contribution >= 0.6 is 0 Å². The molecule has 22 heavy (non-hydrogen) atoms. The molecule has 2 heterocycles. The molecule has 0 unspecified atom stereocenters. The summed E-state index contributed by atoms with van der Waals surface area (Å²) in [6.45, 7) is 5.46. The first-order valence-electron chi connectivity index (χ1n) is 7.46. The van der Waals surface area contributed by atoms with Gasteiger partial charge in [-0.15, -0.1) is 0 Å². The summed E-state index contributed by atoms with van der Waals surface area (Å²) in [5, 5.41) is 3.30. The summed E-state index contributed by atoms with van der Waals surface area (Å²) in [5.41, 5.74) is 1.03. The molecular formula is C16H19FN2O3. The summed E-state index contributed by atoms with van der Waals surface area (Å²) in [6.07, 6.45) is 0. The van der Waals surface area contributed by atoms with E-state index in [1.54, 1.807) is 12.1 Å². The number of ether oxygens (including phenoxy) is 2. The van der Waals surface area contributed by atoms with E-state index in [1.807, 2.05) is 0 Å². The van der Waals surface area contributed by atoms with Gasteiger partial charge in [-0.25, -0.2) is 9.18 Å². The number of carbonyl (C=O) groups is 1. The molecule has 0 atom stereocenters. The Kier molecular flexibility index (Phi) is 4.70. The normalized spacial score (nSPS) is 19.4. The van der Waals surface area contributed by atoms with Gasteiger partial charge in [-0.3, -0.25) is 4.90 Å². The van der Waals surface area contributed by atoms with Gasteiger partial charge in [0.1, 0.15) is 30.4 Å². The Bertz CT molecular complexity index is 565. The van der Waals surface area contributed by atoms with Crippen LogP contribution in [0.5, 0.6) is 0 Å². The minimum absolute atomic E-state index is 0.146. The van der Waals surface area contributed by atoms with Crippen molar-refractivity contribution >= 4 is 11.5 Å². The van der Waals surface area contributed by atoms with Gasteiger partial charge in [0, 0.05) is 32.7 Å². The molecule has 0 radical (unpaired) electrons. The number of rotatable bonds is 5. The predicted octanol–water partition coefficient (Wildman–Crippen LogP) is 1.02. The van der Waals surface area contributed by atoms with Gasteiger partial charge in [0.15, 0.2) is 0 Å². The van der Waals surface area contributed by atoms with Crippen molar-refractivity contribution in [3.05, 3.63) is 41.4 Å². The van der Waals surface area contributed by atoms with Gasteiger partial charge in [-0.2, -0.15) is 0 Å². The molecule has 1 aromatic carbocycles. The van der Waals surface area contributed by atoms with Crippen molar-refractivity contribution in [3.63, 3.8) is 0 Å². The first kappa shape index (κ1) is 15.0. The molecule has 0 amide bonds. The number of carbonyl (C=O) groups excluding carboxylic acids is 1. The van der Waals surface area contributed by atoms with E-state index in [4.69, 9.17) is 9.47 Å². The zero-order chi connectivity index (χ0) is 15.4. The number of piperazine rings is 1. The third-order valence-electron chi connectivity index (χ3n) is 3.84. The number of hydrogen-bond donors (Lipinski definition) is 1. The SMILES string of the molecule is O=C1OCC(OCCN2CCNCC2)=C1c1ccc(F)cc1. The highest BCUT2D eigenvalue weighted by Gasteiger charge is 2.28. The zero-order valence-corrected chi connectivity index (χ0v) is 12.3. The highest BCUT2D eigenvalue weighted by molar-refractivity contribution is 6.18. The average Bonchev–Trinajstić information content (AvgIpc) is 2.90. The molecule has 1 fully saturated rings. The zero-order valence-electron chi connectivity index (χ0n) is 12.3. The maximum absolute atomic E-state index is 13.0. The Morgan fingerprint density at radius 1 is 1.23 bits per heavy atom. The van der Waals surface area contributed by atoms with Gasteiger partial charge >= 0.3 is 5.97 Å². The van der Waals surface area contributed by atoms with Crippen molar-refractivity contribution in [2.24, 2.45) is 0 Å². The topological polar surface area (TPSA) is 50.8 Å². The molecule has 2 aliphatic rings. The van der Waals surface area contributed by atoms with E-state index in [9.17, 15) is 9.18 Å². The summed E-state index contributed by atoms with van der Waals surface area (Å²) < 4.78 is 23.8. The van der Waals surface area contributed by atoms with Crippen LogP contribution in [0.1, 0.15) is 5.56 Å². The van der Waals surface area contributed by atoms with E-state index in [1.165, 1.54) is 12.1 Å². The molecule has 0 aromatic heterocycles. The standard InChI is InChI=1S/C16H19FN2O3/c17-13-3-1-12(2-4-13)15-14(11-22-16(15)20)21-10-9-19-7-5-18-6-8-19/h1-4,18H,5-11H2. The van der Waals surface area contributed by atoms with Gasteiger partial charge in [0.2, 0.25) is 0 Å². The number of hydrogen-bond acceptors (Lipinski definition) is 5. The molecular weight excluding hydrogens is 287 g/mol. The number of nitrogens with zero attached hydrogens (tertiary/aromatic N) is 1. The molecule has 6 heteroatoms. The maximum atomic E-state index is 13.0. The van der Waals surface area contributed by atoms with Crippen LogP contribution in [0.3, 0.4) is 0 Å².